The average molecular weight is 399 g/mol. The van der Waals surface area contributed by atoms with Gasteiger partial charge in [-0.05, 0) is 22.0 Å². The first kappa shape index (κ1) is 16.4. The Hall–Kier alpha value is -1.01. The van der Waals surface area contributed by atoms with Gasteiger partial charge in [0.1, 0.15) is 15.8 Å². The number of ether oxygens (including phenoxy) is 1. The van der Waals surface area contributed by atoms with Gasteiger partial charge in [0.2, 0.25) is 15.9 Å². The molecule has 0 spiro atoms. The molecule has 1 aromatic rings. The van der Waals surface area contributed by atoms with Crippen molar-refractivity contribution in [3.8, 4) is 0 Å². The second-order valence-corrected chi connectivity index (χ2v) is 8.39. The highest BCUT2D eigenvalue weighted by molar-refractivity contribution is 9.11. The molecule has 1 saturated heterocycles. The summed E-state index contributed by atoms with van der Waals surface area (Å²) in [6, 6.07) is -0.0521. The highest BCUT2D eigenvalue weighted by Gasteiger charge is 2.39. The molecule has 0 aromatic carbocycles. The number of nitrogens with zero attached hydrogens (tertiary/aromatic N) is 1. The van der Waals surface area contributed by atoms with Crippen LogP contribution in [0.5, 0.6) is 0 Å². The van der Waals surface area contributed by atoms with Crippen LogP contribution >= 0.6 is 27.3 Å². The lowest BCUT2D eigenvalue weighted by atomic mass is 10.3. The van der Waals surface area contributed by atoms with E-state index in [-0.39, 0.29) is 33.3 Å². The number of hydrogen-bond donors (Lipinski definition) is 2. The normalized spacial score (nSPS) is 20.3. The lowest BCUT2D eigenvalue weighted by molar-refractivity contribution is -0.125. The van der Waals surface area contributed by atoms with Crippen LogP contribution in [0.2, 0.25) is 0 Å². The van der Waals surface area contributed by atoms with Crippen molar-refractivity contribution in [2.75, 3.05) is 19.8 Å². The van der Waals surface area contributed by atoms with Crippen LogP contribution in [0.1, 0.15) is 9.67 Å². The number of nitrogens with two attached hydrogens (primary N) is 1. The molecule has 21 heavy (non-hydrogen) atoms. The van der Waals surface area contributed by atoms with Gasteiger partial charge in [-0.15, -0.1) is 11.3 Å². The Balaban J connectivity index is 2.45. The number of primary amides is 1. The molecule has 0 aliphatic carbocycles. The van der Waals surface area contributed by atoms with E-state index >= 15 is 0 Å². The predicted molar refractivity (Wildman–Crippen MR) is 76.7 cm³/mol. The number of rotatable bonds is 4. The number of halogens is 1. The highest BCUT2D eigenvalue weighted by Crippen LogP contribution is 2.34. The van der Waals surface area contributed by atoms with Crippen molar-refractivity contribution in [1.29, 1.82) is 0 Å². The molecular formula is C10H11BrN2O6S2. The number of carboxylic acids is 1. The first-order valence-corrected chi connectivity index (χ1v) is 8.71. The fraction of sp³-hybridized carbons (Fsp3) is 0.400. The summed E-state index contributed by atoms with van der Waals surface area (Å²) in [6.07, 6.45) is 0. The van der Waals surface area contributed by atoms with Gasteiger partial charge in [-0.3, -0.25) is 4.79 Å². The maximum absolute atomic E-state index is 12.6. The van der Waals surface area contributed by atoms with Crippen molar-refractivity contribution >= 4 is 49.2 Å². The molecule has 1 fully saturated rings. The van der Waals surface area contributed by atoms with Crippen LogP contribution in [-0.2, 0) is 19.6 Å². The number of sulfonamides is 1. The third-order valence-electron chi connectivity index (χ3n) is 2.86. The van der Waals surface area contributed by atoms with E-state index in [1.165, 1.54) is 0 Å². The Bertz CT molecular complexity index is 686. The van der Waals surface area contributed by atoms with Crippen molar-refractivity contribution in [3.05, 3.63) is 14.7 Å². The molecular weight excluding hydrogens is 388 g/mol. The molecule has 2 rings (SSSR count). The molecule has 1 aromatic heterocycles. The number of aromatic carboxylic acids is 1. The number of hydrogen-bond acceptors (Lipinski definition) is 6. The summed E-state index contributed by atoms with van der Waals surface area (Å²) in [6.45, 7) is -0.0146. The highest BCUT2D eigenvalue weighted by atomic mass is 79.9. The van der Waals surface area contributed by atoms with Gasteiger partial charge < -0.3 is 15.6 Å². The smallest absolute Gasteiger partial charge is 0.345 e. The molecule has 1 unspecified atom stereocenters. The van der Waals surface area contributed by atoms with Gasteiger partial charge in [0.15, 0.2) is 0 Å². The van der Waals surface area contributed by atoms with Gasteiger partial charge in [0, 0.05) is 6.54 Å². The molecule has 8 nitrogen and oxygen atoms in total. The number of amides is 1. The first-order chi connectivity index (χ1) is 9.75. The van der Waals surface area contributed by atoms with Crippen molar-refractivity contribution in [2.24, 2.45) is 5.73 Å². The van der Waals surface area contributed by atoms with E-state index in [1.807, 2.05) is 0 Å². The van der Waals surface area contributed by atoms with Gasteiger partial charge in [-0.2, -0.15) is 4.31 Å². The fourth-order valence-corrected chi connectivity index (χ4v) is 5.78. The van der Waals surface area contributed by atoms with Crippen LogP contribution in [0.4, 0.5) is 0 Å². The second kappa shape index (κ2) is 6.01. The Morgan fingerprint density at radius 2 is 2.19 bits per heavy atom. The first-order valence-electron chi connectivity index (χ1n) is 5.66. The predicted octanol–water partition coefficient (Wildman–Crippen LogP) is 0.0836. The third kappa shape index (κ3) is 3.11. The van der Waals surface area contributed by atoms with Gasteiger partial charge >= 0.3 is 5.97 Å². The zero-order valence-electron chi connectivity index (χ0n) is 10.5. The summed E-state index contributed by atoms with van der Waals surface area (Å²) in [5, 5.41) is 8.93. The van der Waals surface area contributed by atoms with E-state index in [0.717, 1.165) is 21.7 Å². The molecule has 0 bridgehead atoms. The summed E-state index contributed by atoms with van der Waals surface area (Å²) < 4.78 is 31.4. The standard InChI is InChI=1S/C10H11BrN2O6S2/c11-8-7(3-6(20-8)10(15)16)21(17,18)13-1-2-19-4-5(13)9(12)14/h3,5H,1-2,4H2,(H2,12,14)(H,15,16). The summed E-state index contributed by atoms with van der Waals surface area (Å²) >= 11 is 3.83. The summed E-state index contributed by atoms with van der Waals surface area (Å²) in [4.78, 5) is 22.0. The largest absolute Gasteiger partial charge is 0.477 e. The minimum Gasteiger partial charge on any atom is -0.477 e. The van der Waals surface area contributed by atoms with Crippen LogP contribution in [-0.4, -0.2) is 55.5 Å². The minimum absolute atomic E-state index is 0.0272. The molecule has 11 heteroatoms. The molecule has 1 aliphatic rings. The zero-order valence-corrected chi connectivity index (χ0v) is 13.7. The van der Waals surface area contributed by atoms with Crippen molar-refractivity contribution in [3.63, 3.8) is 0 Å². The van der Waals surface area contributed by atoms with E-state index in [1.54, 1.807) is 0 Å². The average Bonchev–Trinajstić information content (AvgIpc) is 2.81. The number of carbonyl (C=O) groups is 2. The Morgan fingerprint density at radius 1 is 1.52 bits per heavy atom. The fourth-order valence-electron chi connectivity index (χ4n) is 1.86. The lowest BCUT2D eigenvalue weighted by Gasteiger charge is -2.32. The van der Waals surface area contributed by atoms with E-state index < -0.39 is 27.9 Å². The monoisotopic (exact) mass is 398 g/mol. The Labute approximate surface area is 132 Å². The number of carbonyl (C=O) groups excluding carboxylic acids is 1. The quantitative estimate of drug-likeness (QED) is 0.739. The van der Waals surface area contributed by atoms with Crippen molar-refractivity contribution in [1.82, 2.24) is 4.31 Å². The maximum atomic E-state index is 12.6. The topological polar surface area (TPSA) is 127 Å². The summed E-state index contributed by atoms with van der Waals surface area (Å²) in [5.41, 5.74) is 5.20. The lowest BCUT2D eigenvalue weighted by Crippen LogP contribution is -2.54. The molecule has 116 valence electrons. The Kier molecular flexibility index (Phi) is 4.68. The van der Waals surface area contributed by atoms with Crippen LogP contribution in [0, 0.1) is 0 Å². The third-order valence-corrected chi connectivity index (χ3v) is 7.01. The molecule has 1 aliphatic heterocycles. The van der Waals surface area contributed by atoms with Crippen molar-refractivity contribution < 1.29 is 27.9 Å². The van der Waals surface area contributed by atoms with Gasteiger partial charge in [-0.1, -0.05) is 0 Å². The second-order valence-electron chi connectivity index (χ2n) is 4.16. The van der Waals surface area contributed by atoms with Gasteiger partial charge in [0.25, 0.3) is 0 Å². The molecule has 1 amide bonds. The molecule has 1 atom stereocenters. The number of morpholine rings is 1. The number of carboxylic acid groups (broad SMARTS) is 1. The minimum atomic E-state index is -4.05. The van der Waals surface area contributed by atoms with Crippen LogP contribution < -0.4 is 5.73 Å². The van der Waals surface area contributed by atoms with Crippen molar-refractivity contribution in [2.45, 2.75) is 10.9 Å². The molecule has 3 N–H and O–H groups in total. The Morgan fingerprint density at radius 3 is 2.71 bits per heavy atom. The zero-order chi connectivity index (χ0) is 15.8. The summed E-state index contributed by atoms with van der Waals surface area (Å²) in [7, 11) is -4.05. The molecule has 0 radical (unpaired) electrons. The molecule has 0 saturated carbocycles. The van der Waals surface area contributed by atoms with Gasteiger partial charge in [-0.25, -0.2) is 13.2 Å². The van der Waals surface area contributed by atoms with E-state index in [0.29, 0.717) is 0 Å². The van der Waals surface area contributed by atoms with E-state index in [9.17, 15) is 18.0 Å². The van der Waals surface area contributed by atoms with Crippen LogP contribution in [0.3, 0.4) is 0 Å². The van der Waals surface area contributed by atoms with E-state index in [4.69, 9.17) is 15.6 Å². The van der Waals surface area contributed by atoms with Gasteiger partial charge in [0.05, 0.1) is 17.0 Å². The maximum Gasteiger partial charge on any atom is 0.345 e. The SMILES string of the molecule is NC(=O)C1COCCN1S(=O)(=O)c1cc(C(=O)O)sc1Br. The number of thiophene rings is 1. The van der Waals surface area contributed by atoms with E-state index in [2.05, 4.69) is 15.9 Å². The molecule has 2 heterocycles. The van der Waals surface area contributed by atoms with Crippen LogP contribution in [0.15, 0.2) is 14.7 Å². The summed E-state index contributed by atoms with van der Waals surface area (Å²) in [5.74, 6) is -2.04. The van der Waals surface area contributed by atoms with Crippen LogP contribution in [0.25, 0.3) is 0 Å².